The van der Waals surface area contributed by atoms with Crippen molar-refractivity contribution in [3.8, 4) is 17.2 Å². The van der Waals surface area contributed by atoms with Crippen molar-refractivity contribution in [2.75, 3.05) is 6.61 Å². The lowest BCUT2D eigenvalue weighted by molar-refractivity contribution is -0.154. The number of hydrogen-bond donors (Lipinski definition) is 0. The Kier molecular flexibility index (Phi) is 5.12. The van der Waals surface area contributed by atoms with Crippen molar-refractivity contribution in [1.82, 2.24) is 0 Å². The maximum atomic E-state index is 13.5. The highest BCUT2D eigenvalue weighted by Gasteiger charge is 2.40. The average molecular weight is 378 g/mol. The third kappa shape index (κ3) is 3.77. The second-order valence-electron chi connectivity index (χ2n) is 5.74. The van der Waals surface area contributed by atoms with E-state index in [-0.39, 0.29) is 16.7 Å². The highest BCUT2D eigenvalue weighted by Crippen LogP contribution is 2.39. The van der Waals surface area contributed by atoms with E-state index in [1.807, 2.05) is 6.92 Å². The summed E-state index contributed by atoms with van der Waals surface area (Å²) in [6, 6.07) is 10.6. The fourth-order valence-corrected chi connectivity index (χ4v) is 2.70. The molecular weight excluding hydrogens is 361 g/mol. The van der Waals surface area contributed by atoms with Gasteiger partial charge in [-0.25, -0.2) is 0 Å². The van der Waals surface area contributed by atoms with Gasteiger partial charge in [0.2, 0.25) is 11.2 Å². The number of aryl methyl sites for hydroxylation is 1. The second-order valence-corrected chi connectivity index (χ2v) is 5.74. The molecule has 1 aromatic heterocycles. The zero-order valence-electron chi connectivity index (χ0n) is 14.7. The Morgan fingerprint density at radius 1 is 1.07 bits per heavy atom. The molecule has 4 nitrogen and oxygen atoms in total. The molecule has 0 fully saturated rings. The number of alkyl halides is 3. The van der Waals surface area contributed by atoms with E-state index in [1.54, 1.807) is 25.1 Å². The van der Waals surface area contributed by atoms with Crippen LogP contribution in [0.1, 0.15) is 25.2 Å². The van der Waals surface area contributed by atoms with Crippen LogP contribution in [0.3, 0.4) is 0 Å². The second kappa shape index (κ2) is 7.34. The summed E-state index contributed by atoms with van der Waals surface area (Å²) in [5.41, 5.74) is -0.388. The number of ether oxygens (including phenoxy) is 2. The van der Waals surface area contributed by atoms with E-state index >= 15 is 0 Å². The van der Waals surface area contributed by atoms with Gasteiger partial charge in [-0.1, -0.05) is 25.1 Å². The highest BCUT2D eigenvalue weighted by molar-refractivity contribution is 5.81. The molecule has 0 amide bonds. The summed E-state index contributed by atoms with van der Waals surface area (Å²) >= 11 is 0. The summed E-state index contributed by atoms with van der Waals surface area (Å²) < 4.78 is 56.3. The molecule has 0 bridgehead atoms. The number of hydrogen-bond acceptors (Lipinski definition) is 4. The molecule has 7 heteroatoms. The van der Waals surface area contributed by atoms with E-state index in [0.29, 0.717) is 24.3 Å². The van der Waals surface area contributed by atoms with Crippen molar-refractivity contribution in [3.05, 3.63) is 64.0 Å². The summed E-state index contributed by atoms with van der Waals surface area (Å²) in [4.78, 5) is 12.8. The first-order chi connectivity index (χ1) is 12.8. The summed E-state index contributed by atoms with van der Waals surface area (Å²) in [5.74, 6) is -1.86. The van der Waals surface area contributed by atoms with E-state index in [1.165, 1.54) is 24.3 Å². The van der Waals surface area contributed by atoms with Gasteiger partial charge in [0.25, 0.3) is 5.76 Å². The molecule has 0 saturated heterocycles. The molecule has 0 saturated carbocycles. The molecule has 3 rings (SSSR count). The third-order valence-electron chi connectivity index (χ3n) is 3.93. The first-order valence-corrected chi connectivity index (χ1v) is 8.41. The minimum atomic E-state index is -4.90. The maximum absolute atomic E-state index is 13.5. The van der Waals surface area contributed by atoms with Crippen LogP contribution >= 0.6 is 0 Å². The Morgan fingerprint density at radius 2 is 1.78 bits per heavy atom. The largest absolute Gasteiger partial charge is 0.493 e. The normalized spacial score (nSPS) is 11.6. The summed E-state index contributed by atoms with van der Waals surface area (Å²) in [6.07, 6.45) is -4.35. The van der Waals surface area contributed by atoms with E-state index in [2.05, 4.69) is 0 Å². The zero-order chi connectivity index (χ0) is 19.6. The monoisotopic (exact) mass is 378 g/mol. The predicted octanol–water partition coefficient (Wildman–Crippen LogP) is 5.57. The molecule has 27 heavy (non-hydrogen) atoms. The van der Waals surface area contributed by atoms with Gasteiger partial charge in [0.05, 0.1) is 12.0 Å². The lowest BCUT2D eigenvalue weighted by atomic mass is 10.1. The van der Waals surface area contributed by atoms with Crippen LogP contribution < -0.4 is 14.9 Å². The van der Waals surface area contributed by atoms with E-state index in [9.17, 15) is 18.0 Å². The van der Waals surface area contributed by atoms with Crippen molar-refractivity contribution < 1.29 is 27.1 Å². The molecule has 3 aromatic rings. The molecule has 0 radical (unpaired) electrons. The fourth-order valence-electron chi connectivity index (χ4n) is 2.70. The van der Waals surface area contributed by atoms with Gasteiger partial charge in [0.1, 0.15) is 17.1 Å². The van der Waals surface area contributed by atoms with Crippen LogP contribution in [0.4, 0.5) is 13.2 Å². The first kappa shape index (κ1) is 18.8. The van der Waals surface area contributed by atoms with Crippen molar-refractivity contribution in [3.63, 3.8) is 0 Å². The smallest absolute Gasteiger partial charge is 0.453 e. The van der Waals surface area contributed by atoms with Gasteiger partial charge in [-0.2, -0.15) is 13.2 Å². The lowest BCUT2D eigenvalue weighted by Gasteiger charge is -2.15. The molecule has 2 aromatic carbocycles. The van der Waals surface area contributed by atoms with Gasteiger partial charge in [-0.05, 0) is 37.1 Å². The standard InChI is InChI=1S/C20H17F3O4/c1-3-12-10-14-16(11-15(12)25-4-2)27-19(20(21,22)23)18(17(14)24)26-13-8-6-5-7-9-13/h5-11H,3-4H2,1-2H3. The van der Waals surface area contributed by atoms with Crippen LogP contribution in [0.5, 0.6) is 17.2 Å². The molecule has 0 N–H and O–H groups in total. The Labute approximate surface area is 153 Å². The molecule has 0 aliphatic rings. The molecular formula is C20H17F3O4. The van der Waals surface area contributed by atoms with Gasteiger partial charge in [-0.15, -0.1) is 0 Å². The van der Waals surface area contributed by atoms with Crippen LogP contribution in [-0.2, 0) is 12.6 Å². The van der Waals surface area contributed by atoms with Crippen LogP contribution in [0.25, 0.3) is 11.0 Å². The minimum absolute atomic E-state index is 0.00855. The number of rotatable bonds is 5. The quantitative estimate of drug-likeness (QED) is 0.583. The maximum Gasteiger partial charge on any atom is 0.453 e. The Balaban J connectivity index is 2.28. The van der Waals surface area contributed by atoms with Gasteiger partial charge in [0.15, 0.2) is 0 Å². The van der Waals surface area contributed by atoms with Crippen LogP contribution in [-0.4, -0.2) is 6.61 Å². The van der Waals surface area contributed by atoms with Crippen LogP contribution in [0, 0.1) is 0 Å². The summed E-state index contributed by atoms with van der Waals surface area (Å²) in [6.45, 7) is 3.96. The molecule has 1 heterocycles. The van der Waals surface area contributed by atoms with Crippen molar-refractivity contribution in [2.24, 2.45) is 0 Å². The number of benzene rings is 2. The SMILES string of the molecule is CCOc1cc2oc(C(F)(F)F)c(Oc3ccccc3)c(=O)c2cc1CC. The molecule has 0 unspecified atom stereocenters. The predicted molar refractivity (Wildman–Crippen MR) is 94.5 cm³/mol. The van der Waals surface area contributed by atoms with E-state index < -0.39 is 23.1 Å². The number of fused-ring (bicyclic) bond motifs is 1. The fraction of sp³-hybridized carbons (Fsp3) is 0.250. The zero-order valence-corrected chi connectivity index (χ0v) is 14.7. The number of para-hydroxylation sites is 1. The van der Waals surface area contributed by atoms with Gasteiger partial charge in [0, 0.05) is 6.07 Å². The molecule has 0 spiro atoms. The topological polar surface area (TPSA) is 48.7 Å². The molecule has 0 atom stereocenters. The van der Waals surface area contributed by atoms with Crippen molar-refractivity contribution in [1.29, 1.82) is 0 Å². The van der Waals surface area contributed by atoms with Gasteiger partial charge >= 0.3 is 6.18 Å². The minimum Gasteiger partial charge on any atom is -0.493 e. The summed E-state index contributed by atoms with van der Waals surface area (Å²) in [5, 5.41) is 0.00855. The molecule has 142 valence electrons. The van der Waals surface area contributed by atoms with Gasteiger partial charge in [-0.3, -0.25) is 4.79 Å². The Hall–Kier alpha value is -2.96. The Bertz CT molecular complexity index is 1010. The third-order valence-corrected chi connectivity index (χ3v) is 3.93. The Morgan fingerprint density at radius 3 is 2.37 bits per heavy atom. The first-order valence-electron chi connectivity index (χ1n) is 8.41. The van der Waals surface area contributed by atoms with E-state index in [4.69, 9.17) is 13.9 Å². The van der Waals surface area contributed by atoms with Crippen molar-refractivity contribution >= 4 is 11.0 Å². The van der Waals surface area contributed by atoms with E-state index in [0.717, 1.165) is 0 Å². The molecule has 0 aliphatic heterocycles. The number of halogens is 3. The van der Waals surface area contributed by atoms with Crippen LogP contribution in [0.2, 0.25) is 0 Å². The average Bonchev–Trinajstić information content (AvgIpc) is 2.64. The molecule has 0 aliphatic carbocycles. The lowest BCUT2D eigenvalue weighted by Crippen LogP contribution is -2.15. The van der Waals surface area contributed by atoms with Gasteiger partial charge < -0.3 is 13.9 Å². The highest BCUT2D eigenvalue weighted by atomic mass is 19.4. The van der Waals surface area contributed by atoms with Crippen molar-refractivity contribution in [2.45, 2.75) is 26.4 Å². The summed E-state index contributed by atoms with van der Waals surface area (Å²) in [7, 11) is 0. The van der Waals surface area contributed by atoms with Crippen LogP contribution in [0.15, 0.2) is 51.7 Å².